The molecule has 0 aromatic rings. The zero-order valence-corrected chi connectivity index (χ0v) is 16.3. The van der Waals surface area contributed by atoms with Gasteiger partial charge in [-0.15, -0.1) is 0 Å². The number of aliphatic hydroxyl groups is 2. The Morgan fingerprint density at radius 1 is 0.875 bits per heavy atom. The van der Waals surface area contributed by atoms with Gasteiger partial charge < -0.3 is 10.2 Å². The quantitative estimate of drug-likeness (QED) is 0.714. The maximum Gasteiger partial charge on any atom is 0.0650 e. The number of hydrogen-bond donors (Lipinski definition) is 2. The first-order valence-corrected chi connectivity index (χ1v) is 10.6. The van der Waals surface area contributed by atoms with Crippen molar-refractivity contribution in [3.05, 3.63) is 0 Å². The van der Waals surface area contributed by atoms with Gasteiger partial charge in [-0.3, -0.25) is 0 Å². The fourth-order valence-electron chi connectivity index (χ4n) is 8.06. The molecule has 0 saturated heterocycles. The minimum Gasteiger partial charge on any atom is -0.393 e. The molecule has 8 atom stereocenters. The van der Waals surface area contributed by atoms with Crippen LogP contribution in [0.5, 0.6) is 0 Å². The van der Waals surface area contributed by atoms with Crippen LogP contribution in [-0.2, 0) is 0 Å². The summed E-state index contributed by atoms with van der Waals surface area (Å²) in [5.74, 6) is 2.35. The third-order valence-corrected chi connectivity index (χ3v) is 10.1. The Morgan fingerprint density at radius 3 is 2.33 bits per heavy atom. The second-order valence-corrected chi connectivity index (χ2v) is 10.8. The van der Waals surface area contributed by atoms with Crippen molar-refractivity contribution in [2.75, 3.05) is 0 Å². The monoisotopic (exact) mass is 334 g/mol. The van der Waals surface area contributed by atoms with Gasteiger partial charge in [0.2, 0.25) is 0 Å². The van der Waals surface area contributed by atoms with E-state index in [2.05, 4.69) is 27.7 Å². The molecule has 4 fully saturated rings. The van der Waals surface area contributed by atoms with Crippen molar-refractivity contribution < 1.29 is 10.2 Å². The normalized spacial score (nSPS) is 60.2. The molecule has 4 saturated carbocycles. The molecule has 2 heteroatoms. The van der Waals surface area contributed by atoms with Crippen LogP contribution in [0.15, 0.2) is 0 Å². The molecule has 0 radical (unpaired) electrons. The van der Waals surface area contributed by atoms with Gasteiger partial charge in [-0.1, -0.05) is 27.7 Å². The zero-order valence-electron chi connectivity index (χ0n) is 16.3. The van der Waals surface area contributed by atoms with E-state index >= 15 is 0 Å². The summed E-state index contributed by atoms with van der Waals surface area (Å²) >= 11 is 0. The molecule has 24 heavy (non-hydrogen) atoms. The van der Waals surface area contributed by atoms with Crippen molar-refractivity contribution in [2.24, 2.45) is 34.0 Å². The SMILES string of the molecule is CC[C@]1(O)CCC2(C)C3CCC4(C)C(O)CCC4C3CC[C@@]2(C)C1. The van der Waals surface area contributed by atoms with Crippen LogP contribution in [0.1, 0.15) is 91.9 Å². The molecular weight excluding hydrogens is 296 g/mol. The molecule has 0 aromatic heterocycles. The summed E-state index contributed by atoms with van der Waals surface area (Å²) < 4.78 is 0. The first-order valence-electron chi connectivity index (χ1n) is 10.6. The fourth-order valence-corrected chi connectivity index (χ4v) is 8.06. The summed E-state index contributed by atoms with van der Waals surface area (Å²) in [6, 6.07) is 0. The van der Waals surface area contributed by atoms with Gasteiger partial charge in [0.25, 0.3) is 0 Å². The average molecular weight is 335 g/mol. The predicted molar refractivity (Wildman–Crippen MR) is 97.6 cm³/mol. The van der Waals surface area contributed by atoms with Gasteiger partial charge in [0.05, 0.1) is 11.7 Å². The molecule has 4 aliphatic rings. The van der Waals surface area contributed by atoms with E-state index in [1.54, 1.807) is 0 Å². The smallest absolute Gasteiger partial charge is 0.0650 e. The van der Waals surface area contributed by atoms with Crippen LogP contribution in [0, 0.1) is 34.0 Å². The van der Waals surface area contributed by atoms with Gasteiger partial charge in [0.15, 0.2) is 0 Å². The number of rotatable bonds is 1. The summed E-state index contributed by atoms with van der Waals surface area (Å²) in [7, 11) is 0. The molecule has 0 heterocycles. The van der Waals surface area contributed by atoms with E-state index in [1.807, 2.05) is 0 Å². The summed E-state index contributed by atoms with van der Waals surface area (Å²) in [4.78, 5) is 0. The average Bonchev–Trinajstić information content (AvgIpc) is 2.84. The third kappa shape index (κ3) is 2.08. The molecule has 0 aromatic carbocycles. The lowest BCUT2D eigenvalue weighted by Crippen LogP contribution is -2.60. The van der Waals surface area contributed by atoms with Crippen LogP contribution >= 0.6 is 0 Å². The largest absolute Gasteiger partial charge is 0.393 e. The molecule has 0 aliphatic heterocycles. The minimum absolute atomic E-state index is 0.0684. The van der Waals surface area contributed by atoms with Crippen molar-refractivity contribution in [3.8, 4) is 0 Å². The van der Waals surface area contributed by atoms with E-state index in [9.17, 15) is 10.2 Å². The highest BCUT2D eigenvalue weighted by Crippen LogP contribution is 2.70. The molecular formula is C22H38O2. The maximum atomic E-state index is 11.0. The lowest BCUT2D eigenvalue weighted by molar-refractivity contribution is -0.195. The standard InChI is InChI=1S/C22H38O2/c1-5-22(24)13-12-21(4)17-9-11-20(3)16(6-7-18(20)23)15(17)8-10-19(21,2)14-22/h15-18,23-24H,5-14H2,1-4H3/t15?,16?,17?,18?,19-,20?,21?,22-/m0/s1. The Labute approximate surface area is 148 Å². The summed E-state index contributed by atoms with van der Waals surface area (Å²) in [5.41, 5.74) is 0.437. The van der Waals surface area contributed by atoms with Crippen molar-refractivity contribution in [1.29, 1.82) is 0 Å². The third-order valence-electron chi connectivity index (χ3n) is 10.1. The van der Waals surface area contributed by atoms with E-state index in [-0.39, 0.29) is 11.5 Å². The van der Waals surface area contributed by atoms with Crippen LogP contribution in [0.4, 0.5) is 0 Å². The van der Waals surface area contributed by atoms with Gasteiger partial charge in [-0.05, 0) is 98.2 Å². The topological polar surface area (TPSA) is 40.5 Å². The zero-order chi connectivity index (χ0) is 17.4. The van der Waals surface area contributed by atoms with E-state index in [0.717, 1.165) is 43.4 Å². The molecule has 0 amide bonds. The van der Waals surface area contributed by atoms with E-state index in [0.29, 0.717) is 10.8 Å². The van der Waals surface area contributed by atoms with E-state index in [1.165, 1.54) is 38.5 Å². The fraction of sp³-hybridized carbons (Fsp3) is 1.00. The summed E-state index contributed by atoms with van der Waals surface area (Å²) in [5, 5.41) is 21.6. The number of aliphatic hydroxyl groups excluding tert-OH is 1. The van der Waals surface area contributed by atoms with Crippen molar-refractivity contribution in [3.63, 3.8) is 0 Å². The van der Waals surface area contributed by atoms with E-state index < -0.39 is 5.60 Å². The van der Waals surface area contributed by atoms with Crippen LogP contribution < -0.4 is 0 Å². The lowest BCUT2D eigenvalue weighted by atomic mass is 9.39. The molecule has 4 rings (SSSR count). The Kier molecular flexibility index (Phi) is 3.77. The maximum absolute atomic E-state index is 11.0. The molecule has 138 valence electrons. The lowest BCUT2D eigenvalue weighted by Gasteiger charge is -2.66. The summed E-state index contributed by atoms with van der Waals surface area (Å²) in [6.45, 7) is 9.58. The van der Waals surface area contributed by atoms with E-state index in [4.69, 9.17) is 0 Å². The second kappa shape index (κ2) is 5.22. The van der Waals surface area contributed by atoms with Crippen molar-refractivity contribution in [2.45, 2.75) is 104 Å². The Bertz CT molecular complexity index is 518. The molecule has 2 N–H and O–H groups in total. The Hall–Kier alpha value is -0.0800. The van der Waals surface area contributed by atoms with Gasteiger partial charge in [-0.25, -0.2) is 0 Å². The number of fused-ring (bicyclic) bond motifs is 5. The highest BCUT2D eigenvalue weighted by atomic mass is 16.3. The van der Waals surface area contributed by atoms with Crippen LogP contribution in [-0.4, -0.2) is 21.9 Å². The molecule has 0 bridgehead atoms. The predicted octanol–water partition coefficient (Wildman–Crippen LogP) is 4.92. The van der Waals surface area contributed by atoms with Gasteiger partial charge in [0.1, 0.15) is 0 Å². The Morgan fingerprint density at radius 2 is 1.62 bits per heavy atom. The molecule has 6 unspecified atom stereocenters. The van der Waals surface area contributed by atoms with Gasteiger partial charge in [-0.2, -0.15) is 0 Å². The Balaban J connectivity index is 1.65. The second-order valence-electron chi connectivity index (χ2n) is 10.8. The van der Waals surface area contributed by atoms with Crippen LogP contribution in [0.25, 0.3) is 0 Å². The molecule has 2 nitrogen and oxygen atoms in total. The highest BCUT2D eigenvalue weighted by molar-refractivity contribution is 5.14. The minimum atomic E-state index is -0.423. The van der Waals surface area contributed by atoms with Gasteiger partial charge >= 0.3 is 0 Å². The van der Waals surface area contributed by atoms with Crippen molar-refractivity contribution >= 4 is 0 Å². The first-order chi connectivity index (χ1) is 11.2. The summed E-state index contributed by atoms with van der Waals surface area (Å²) in [6.07, 6.45) is 11.4. The number of hydrogen-bond acceptors (Lipinski definition) is 2. The van der Waals surface area contributed by atoms with Gasteiger partial charge in [0, 0.05) is 0 Å². The molecule has 4 aliphatic carbocycles. The highest BCUT2D eigenvalue weighted by Gasteiger charge is 2.64. The molecule has 0 spiro atoms. The van der Waals surface area contributed by atoms with Crippen molar-refractivity contribution in [1.82, 2.24) is 0 Å². The van der Waals surface area contributed by atoms with Crippen LogP contribution in [0.2, 0.25) is 0 Å². The van der Waals surface area contributed by atoms with Crippen LogP contribution in [0.3, 0.4) is 0 Å². The first kappa shape index (κ1) is 17.3.